The predicted molar refractivity (Wildman–Crippen MR) is 88.7 cm³/mol. The highest BCUT2D eigenvalue weighted by molar-refractivity contribution is 5.99. The van der Waals surface area contributed by atoms with Crippen LogP contribution >= 0.6 is 0 Å². The molecule has 0 bridgehead atoms. The monoisotopic (exact) mass is 302 g/mol. The molecule has 0 radical (unpaired) electrons. The Morgan fingerprint density at radius 1 is 1.14 bits per heavy atom. The molecule has 0 saturated heterocycles. The van der Waals surface area contributed by atoms with Crippen molar-refractivity contribution in [1.82, 2.24) is 5.32 Å². The number of carbonyl (C=O) groups is 2. The number of carbonyl (C=O) groups excluding carboxylic acids is 2. The third-order valence-electron chi connectivity index (χ3n) is 4.41. The molecule has 120 valence electrons. The molecule has 1 aromatic rings. The van der Waals surface area contributed by atoms with Crippen LogP contribution in [0.1, 0.15) is 43.7 Å². The van der Waals surface area contributed by atoms with Gasteiger partial charge >= 0.3 is 0 Å². The van der Waals surface area contributed by atoms with Crippen LogP contribution in [0, 0.1) is 25.7 Å². The largest absolute Gasteiger partial charge is 0.356 e. The van der Waals surface area contributed by atoms with Gasteiger partial charge in [0, 0.05) is 12.2 Å². The smallest absolute Gasteiger partial charge is 0.228 e. The van der Waals surface area contributed by atoms with Gasteiger partial charge in [-0.15, -0.1) is 0 Å². The number of rotatable bonds is 7. The number of anilines is 1. The molecule has 1 aliphatic rings. The number of amides is 2. The van der Waals surface area contributed by atoms with Gasteiger partial charge in [0.15, 0.2) is 0 Å². The molecule has 22 heavy (non-hydrogen) atoms. The van der Waals surface area contributed by atoms with Crippen LogP contribution in [0.4, 0.5) is 5.69 Å². The van der Waals surface area contributed by atoms with Gasteiger partial charge in [0.2, 0.25) is 11.8 Å². The van der Waals surface area contributed by atoms with Gasteiger partial charge in [-0.2, -0.15) is 0 Å². The quantitative estimate of drug-likeness (QED) is 0.760. The normalized spacial score (nSPS) is 19.6. The Morgan fingerprint density at radius 2 is 1.86 bits per heavy atom. The molecule has 4 nitrogen and oxygen atoms in total. The molecular formula is C18H26N2O2. The minimum atomic E-state index is -0.175. The van der Waals surface area contributed by atoms with E-state index in [0.29, 0.717) is 13.0 Å². The van der Waals surface area contributed by atoms with E-state index in [2.05, 4.69) is 17.6 Å². The second-order valence-corrected chi connectivity index (χ2v) is 6.18. The molecule has 1 aromatic carbocycles. The maximum atomic E-state index is 12.2. The van der Waals surface area contributed by atoms with Crippen molar-refractivity contribution < 1.29 is 9.59 Å². The van der Waals surface area contributed by atoms with E-state index in [1.807, 2.05) is 32.0 Å². The number of unbranched alkanes of at least 4 members (excludes halogenated alkanes) is 2. The van der Waals surface area contributed by atoms with Gasteiger partial charge in [-0.05, 0) is 43.9 Å². The second-order valence-electron chi connectivity index (χ2n) is 6.18. The molecule has 1 aliphatic carbocycles. The zero-order chi connectivity index (χ0) is 16.1. The summed E-state index contributed by atoms with van der Waals surface area (Å²) in [4.78, 5) is 24.2. The van der Waals surface area contributed by atoms with Crippen molar-refractivity contribution in [3.05, 3.63) is 29.3 Å². The summed E-state index contributed by atoms with van der Waals surface area (Å²) in [5, 5.41) is 5.88. The molecular weight excluding hydrogens is 276 g/mol. The fraction of sp³-hybridized carbons (Fsp3) is 0.556. The fourth-order valence-corrected chi connectivity index (χ4v) is 2.60. The van der Waals surface area contributed by atoms with Crippen LogP contribution < -0.4 is 10.6 Å². The Bertz CT molecular complexity index is 554. The number of hydrogen-bond acceptors (Lipinski definition) is 2. The lowest BCUT2D eigenvalue weighted by molar-refractivity contribution is -0.125. The molecule has 2 amide bonds. The summed E-state index contributed by atoms with van der Waals surface area (Å²) in [6, 6.07) is 5.86. The lowest BCUT2D eigenvalue weighted by atomic mass is 10.1. The van der Waals surface area contributed by atoms with Crippen molar-refractivity contribution in [2.24, 2.45) is 11.8 Å². The van der Waals surface area contributed by atoms with E-state index in [-0.39, 0.29) is 23.7 Å². The summed E-state index contributed by atoms with van der Waals surface area (Å²) in [5.41, 5.74) is 3.08. The summed E-state index contributed by atoms with van der Waals surface area (Å²) in [6.07, 6.45) is 3.94. The van der Waals surface area contributed by atoms with E-state index in [0.717, 1.165) is 36.1 Å². The van der Waals surface area contributed by atoms with E-state index >= 15 is 0 Å². The standard InChI is InChI=1S/C18H26N2O2/c1-4-5-6-10-19-17(21)14-11-15(14)18(22)20-16-9-7-8-12(2)13(16)3/h7-9,14-15H,4-6,10-11H2,1-3H3,(H,19,21)(H,20,22). The van der Waals surface area contributed by atoms with Crippen molar-refractivity contribution in [1.29, 1.82) is 0 Å². The Hall–Kier alpha value is -1.84. The van der Waals surface area contributed by atoms with Gasteiger partial charge in [0.1, 0.15) is 0 Å². The predicted octanol–water partition coefficient (Wildman–Crippen LogP) is 3.18. The second kappa shape index (κ2) is 7.43. The molecule has 0 aromatic heterocycles. The van der Waals surface area contributed by atoms with Crippen molar-refractivity contribution in [2.45, 2.75) is 46.5 Å². The van der Waals surface area contributed by atoms with Gasteiger partial charge in [0.25, 0.3) is 0 Å². The first-order chi connectivity index (χ1) is 10.5. The minimum Gasteiger partial charge on any atom is -0.356 e. The summed E-state index contributed by atoms with van der Waals surface area (Å²) < 4.78 is 0. The molecule has 1 fully saturated rings. The zero-order valence-corrected chi connectivity index (χ0v) is 13.7. The zero-order valence-electron chi connectivity index (χ0n) is 13.7. The van der Waals surface area contributed by atoms with Crippen LogP contribution in [0.2, 0.25) is 0 Å². The molecule has 0 aliphatic heterocycles. The van der Waals surface area contributed by atoms with Gasteiger partial charge in [-0.1, -0.05) is 31.9 Å². The van der Waals surface area contributed by atoms with Crippen LogP contribution in [0.25, 0.3) is 0 Å². The highest BCUT2D eigenvalue weighted by atomic mass is 16.2. The van der Waals surface area contributed by atoms with E-state index in [1.165, 1.54) is 0 Å². The van der Waals surface area contributed by atoms with Crippen LogP contribution in [0.5, 0.6) is 0 Å². The maximum absolute atomic E-state index is 12.2. The van der Waals surface area contributed by atoms with Crippen LogP contribution in [-0.4, -0.2) is 18.4 Å². The van der Waals surface area contributed by atoms with Crippen molar-refractivity contribution in [3.8, 4) is 0 Å². The Kier molecular flexibility index (Phi) is 5.58. The molecule has 4 heteroatoms. The Morgan fingerprint density at radius 3 is 2.59 bits per heavy atom. The van der Waals surface area contributed by atoms with Crippen molar-refractivity contribution in [3.63, 3.8) is 0 Å². The fourth-order valence-electron chi connectivity index (χ4n) is 2.60. The number of hydrogen-bond donors (Lipinski definition) is 2. The number of aryl methyl sites for hydroxylation is 1. The lowest BCUT2D eigenvalue weighted by Crippen LogP contribution is -2.28. The van der Waals surface area contributed by atoms with E-state index in [4.69, 9.17) is 0 Å². The van der Waals surface area contributed by atoms with Crippen LogP contribution in [0.3, 0.4) is 0 Å². The highest BCUT2D eigenvalue weighted by Gasteiger charge is 2.47. The molecule has 2 unspecified atom stereocenters. The van der Waals surface area contributed by atoms with Crippen LogP contribution in [-0.2, 0) is 9.59 Å². The van der Waals surface area contributed by atoms with Gasteiger partial charge in [-0.3, -0.25) is 9.59 Å². The third-order valence-corrected chi connectivity index (χ3v) is 4.41. The maximum Gasteiger partial charge on any atom is 0.228 e. The summed E-state index contributed by atoms with van der Waals surface area (Å²) in [6.45, 7) is 6.87. The Labute approximate surface area is 132 Å². The first kappa shape index (κ1) is 16.5. The van der Waals surface area contributed by atoms with E-state index in [9.17, 15) is 9.59 Å². The molecule has 2 atom stereocenters. The molecule has 2 N–H and O–H groups in total. The molecule has 0 heterocycles. The molecule has 0 spiro atoms. The summed E-state index contributed by atoms with van der Waals surface area (Å²) in [7, 11) is 0. The molecule has 2 rings (SSSR count). The van der Waals surface area contributed by atoms with E-state index in [1.54, 1.807) is 0 Å². The molecule has 1 saturated carbocycles. The minimum absolute atomic E-state index is 0.0252. The first-order valence-corrected chi connectivity index (χ1v) is 8.19. The van der Waals surface area contributed by atoms with Gasteiger partial charge in [0.05, 0.1) is 11.8 Å². The highest BCUT2D eigenvalue weighted by Crippen LogP contribution is 2.39. The Balaban J connectivity index is 1.80. The van der Waals surface area contributed by atoms with E-state index < -0.39 is 0 Å². The number of benzene rings is 1. The van der Waals surface area contributed by atoms with Crippen molar-refractivity contribution >= 4 is 17.5 Å². The topological polar surface area (TPSA) is 58.2 Å². The average molecular weight is 302 g/mol. The number of nitrogens with one attached hydrogen (secondary N) is 2. The SMILES string of the molecule is CCCCCNC(=O)C1CC1C(=O)Nc1cccc(C)c1C. The summed E-state index contributed by atoms with van der Waals surface area (Å²) in [5.74, 6) is -0.336. The first-order valence-electron chi connectivity index (χ1n) is 8.19. The average Bonchev–Trinajstić information content (AvgIpc) is 3.29. The third kappa shape index (κ3) is 4.09. The van der Waals surface area contributed by atoms with Gasteiger partial charge < -0.3 is 10.6 Å². The van der Waals surface area contributed by atoms with Crippen LogP contribution in [0.15, 0.2) is 18.2 Å². The lowest BCUT2D eigenvalue weighted by Gasteiger charge is -2.10. The van der Waals surface area contributed by atoms with Crippen molar-refractivity contribution in [2.75, 3.05) is 11.9 Å². The van der Waals surface area contributed by atoms with Gasteiger partial charge in [-0.25, -0.2) is 0 Å². The summed E-state index contributed by atoms with van der Waals surface area (Å²) >= 11 is 0.